The zero-order valence-electron chi connectivity index (χ0n) is 8.37. The molecule has 0 aliphatic heterocycles. The van der Waals surface area contributed by atoms with E-state index in [0.29, 0.717) is 30.5 Å². The summed E-state index contributed by atoms with van der Waals surface area (Å²) < 4.78 is 5.37. The molecule has 0 radical (unpaired) electrons. The number of anilines is 1. The molecule has 0 fully saturated rings. The molecule has 1 heterocycles. The van der Waals surface area contributed by atoms with Gasteiger partial charge in [-0.25, -0.2) is 4.98 Å². The summed E-state index contributed by atoms with van der Waals surface area (Å²) in [7, 11) is 0. The molecular weight excluding hydrogens is 178 g/mol. The number of nitrogens with two attached hydrogens (primary N) is 1. The minimum absolute atomic E-state index is 0.452. The van der Waals surface area contributed by atoms with Crippen molar-refractivity contribution in [1.82, 2.24) is 9.97 Å². The molecular formula is C10H13N3O. The molecule has 0 atom stereocenters. The van der Waals surface area contributed by atoms with Crippen LogP contribution in [0.5, 0.6) is 5.88 Å². The van der Waals surface area contributed by atoms with Crippen LogP contribution in [0.1, 0.15) is 17.8 Å². The van der Waals surface area contributed by atoms with Crippen LogP contribution in [0.3, 0.4) is 0 Å². The summed E-state index contributed by atoms with van der Waals surface area (Å²) >= 11 is 0. The molecule has 0 aliphatic rings. The van der Waals surface area contributed by atoms with Crippen molar-refractivity contribution >= 4 is 5.82 Å². The fourth-order valence-corrected chi connectivity index (χ4v) is 0.971. The number of rotatable bonds is 3. The van der Waals surface area contributed by atoms with Crippen LogP contribution in [0.25, 0.3) is 0 Å². The van der Waals surface area contributed by atoms with Crippen LogP contribution >= 0.6 is 0 Å². The molecule has 1 aromatic rings. The average molecular weight is 191 g/mol. The lowest BCUT2D eigenvalue weighted by Crippen LogP contribution is -2.05. The van der Waals surface area contributed by atoms with E-state index < -0.39 is 0 Å². The fraction of sp³-hybridized carbons (Fsp3) is 0.400. The predicted octanol–water partition coefficient (Wildman–Crippen LogP) is 1.08. The zero-order chi connectivity index (χ0) is 10.6. The number of aromatic nitrogens is 2. The monoisotopic (exact) mass is 191 g/mol. The molecule has 74 valence electrons. The molecule has 0 saturated heterocycles. The van der Waals surface area contributed by atoms with E-state index in [1.54, 1.807) is 6.92 Å². The van der Waals surface area contributed by atoms with Crippen molar-refractivity contribution in [3.63, 3.8) is 0 Å². The lowest BCUT2D eigenvalue weighted by molar-refractivity contribution is 0.311. The van der Waals surface area contributed by atoms with E-state index in [9.17, 15) is 0 Å². The van der Waals surface area contributed by atoms with Gasteiger partial charge in [0.2, 0.25) is 5.88 Å². The first-order chi connectivity index (χ1) is 6.65. The van der Waals surface area contributed by atoms with E-state index in [1.165, 1.54) is 0 Å². The van der Waals surface area contributed by atoms with Crippen molar-refractivity contribution in [2.45, 2.75) is 20.3 Å². The van der Waals surface area contributed by atoms with Gasteiger partial charge < -0.3 is 10.5 Å². The summed E-state index contributed by atoms with van der Waals surface area (Å²) in [6.45, 7) is 4.04. The Balaban J connectivity index is 2.81. The lowest BCUT2D eigenvalue weighted by Gasteiger charge is -2.08. The Morgan fingerprint density at radius 1 is 1.43 bits per heavy atom. The Morgan fingerprint density at radius 2 is 2.14 bits per heavy atom. The van der Waals surface area contributed by atoms with Crippen molar-refractivity contribution in [3.05, 3.63) is 11.4 Å². The van der Waals surface area contributed by atoms with Crippen molar-refractivity contribution < 1.29 is 4.74 Å². The molecule has 4 nitrogen and oxygen atoms in total. The highest BCUT2D eigenvalue weighted by molar-refractivity contribution is 5.44. The van der Waals surface area contributed by atoms with Crippen LogP contribution in [-0.4, -0.2) is 16.6 Å². The molecule has 0 amide bonds. The number of terminal acetylenes is 1. The average Bonchev–Trinajstić information content (AvgIpc) is 2.13. The molecule has 0 spiro atoms. The number of aryl methyl sites for hydroxylation is 1. The van der Waals surface area contributed by atoms with Gasteiger partial charge in [0, 0.05) is 6.42 Å². The van der Waals surface area contributed by atoms with E-state index in [-0.39, 0.29) is 0 Å². The van der Waals surface area contributed by atoms with E-state index in [4.69, 9.17) is 16.9 Å². The summed E-state index contributed by atoms with van der Waals surface area (Å²) in [6.07, 6.45) is 5.66. The summed E-state index contributed by atoms with van der Waals surface area (Å²) in [6, 6.07) is 0. The van der Waals surface area contributed by atoms with E-state index in [2.05, 4.69) is 15.9 Å². The van der Waals surface area contributed by atoms with Crippen molar-refractivity contribution in [2.75, 3.05) is 12.3 Å². The van der Waals surface area contributed by atoms with E-state index in [0.717, 1.165) is 5.56 Å². The highest BCUT2D eigenvalue weighted by Gasteiger charge is 2.06. The van der Waals surface area contributed by atoms with Crippen LogP contribution in [0, 0.1) is 26.2 Å². The van der Waals surface area contributed by atoms with Gasteiger partial charge in [-0.2, -0.15) is 4.98 Å². The molecule has 0 bridgehead atoms. The van der Waals surface area contributed by atoms with Gasteiger partial charge in [0.15, 0.2) is 0 Å². The quantitative estimate of drug-likeness (QED) is 0.573. The Kier molecular flexibility index (Phi) is 3.29. The third-order valence-corrected chi connectivity index (χ3v) is 1.74. The second kappa shape index (κ2) is 4.47. The highest BCUT2D eigenvalue weighted by Crippen LogP contribution is 2.19. The van der Waals surface area contributed by atoms with Gasteiger partial charge in [-0.15, -0.1) is 12.3 Å². The third-order valence-electron chi connectivity index (χ3n) is 1.74. The predicted molar refractivity (Wildman–Crippen MR) is 54.9 cm³/mol. The summed E-state index contributed by atoms with van der Waals surface area (Å²) in [5, 5.41) is 0. The zero-order valence-corrected chi connectivity index (χ0v) is 8.37. The van der Waals surface area contributed by atoms with Gasteiger partial charge in [0.05, 0.1) is 5.56 Å². The Morgan fingerprint density at radius 3 is 2.79 bits per heavy atom. The molecule has 4 heteroatoms. The van der Waals surface area contributed by atoms with Gasteiger partial charge in [0.25, 0.3) is 0 Å². The maximum atomic E-state index is 5.65. The first-order valence-electron chi connectivity index (χ1n) is 4.32. The molecule has 14 heavy (non-hydrogen) atoms. The van der Waals surface area contributed by atoms with Crippen LogP contribution in [0.4, 0.5) is 5.82 Å². The fourth-order valence-electron chi connectivity index (χ4n) is 0.971. The second-order valence-corrected chi connectivity index (χ2v) is 2.89. The third kappa shape index (κ3) is 2.36. The number of ether oxygens (including phenoxy) is 1. The number of nitrogen functional groups attached to an aromatic ring is 1. The summed E-state index contributed by atoms with van der Waals surface area (Å²) in [5.74, 6) is 4.06. The molecule has 0 saturated carbocycles. The number of hydrogen-bond donors (Lipinski definition) is 1. The van der Waals surface area contributed by atoms with Gasteiger partial charge in [-0.05, 0) is 13.8 Å². The largest absolute Gasteiger partial charge is 0.476 e. The smallest absolute Gasteiger partial charge is 0.221 e. The summed E-state index contributed by atoms with van der Waals surface area (Å²) in [4.78, 5) is 8.13. The van der Waals surface area contributed by atoms with Crippen molar-refractivity contribution in [1.29, 1.82) is 0 Å². The van der Waals surface area contributed by atoms with Gasteiger partial charge in [-0.1, -0.05) is 0 Å². The summed E-state index contributed by atoms with van der Waals surface area (Å²) in [5.41, 5.74) is 6.41. The van der Waals surface area contributed by atoms with E-state index >= 15 is 0 Å². The van der Waals surface area contributed by atoms with Crippen LogP contribution < -0.4 is 10.5 Å². The van der Waals surface area contributed by atoms with Gasteiger partial charge in [0.1, 0.15) is 18.2 Å². The maximum absolute atomic E-state index is 5.65. The molecule has 2 N–H and O–H groups in total. The van der Waals surface area contributed by atoms with Crippen LogP contribution in [-0.2, 0) is 0 Å². The van der Waals surface area contributed by atoms with E-state index in [1.807, 2.05) is 6.92 Å². The normalized spacial score (nSPS) is 9.50. The van der Waals surface area contributed by atoms with Crippen molar-refractivity contribution in [2.24, 2.45) is 0 Å². The van der Waals surface area contributed by atoms with Crippen LogP contribution in [0.2, 0.25) is 0 Å². The first kappa shape index (κ1) is 10.3. The molecule has 0 unspecified atom stereocenters. The lowest BCUT2D eigenvalue weighted by atomic mass is 10.3. The highest BCUT2D eigenvalue weighted by atomic mass is 16.5. The SMILES string of the molecule is C#CCCOc1nc(C)nc(N)c1C. The molecule has 0 aromatic carbocycles. The first-order valence-corrected chi connectivity index (χ1v) is 4.32. The maximum Gasteiger partial charge on any atom is 0.221 e. The second-order valence-electron chi connectivity index (χ2n) is 2.89. The molecule has 1 rings (SSSR count). The molecule has 1 aromatic heterocycles. The van der Waals surface area contributed by atoms with Crippen LogP contribution in [0.15, 0.2) is 0 Å². The molecule has 0 aliphatic carbocycles. The topological polar surface area (TPSA) is 61.0 Å². The standard InChI is InChI=1S/C10H13N3O/c1-4-5-6-14-10-7(2)9(11)12-8(3)13-10/h1H,5-6H2,2-3H3,(H2,11,12,13). The Hall–Kier alpha value is -1.76. The Bertz CT molecular complexity index is 368. The number of hydrogen-bond acceptors (Lipinski definition) is 4. The minimum Gasteiger partial charge on any atom is -0.476 e. The Labute approximate surface area is 83.5 Å². The van der Waals surface area contributed by atoms with Gasteiger partial charge in [-0.3, -0.25) is 0 Å². The number of nitrogens with zero attached hydrogens (tertiary/aromatic N) is 2. The van der Waals surface area contributed by atoms with Crippen molar-refractivity contribution in [3.8, 4) is 18.2 Å². The van der Waals surface area contributed by atoms with Gasteiger partial charge >= 0.3 is 0 Å². The minimum atomic E-state index is 0.452.